The van der Waals surface area contributed by atoms with Gasteiger partial charge in [-0.15, -0.1) is 0 Å². The van der Waals surface area contributed by atoms with Crippen LogP contribution < -0.4 is 0 Å². The van der Waals surface area contributed by atoms with E-state index in [0.717, 1.165) is 12.1 Å². The van der Waals surface area contributed by atoms with Gasteiger partial charge in [0.25, 0.3) is 0 Å². The van der Waals surface area contributed by atoms with Crippen LogP contribution in [0.25, 0.3) is 0 Å². The van der Waals surface area contributed by atoms with Crippen LogP contribution in [0.4, 0.5) is 13.2 Å². The minimum atomic E-state index is -4.37. The number of ketones is 1. The van der Waals surface area contributed by atoms with E-state index in [2.05, 4.69) is 0 Å². The van der Waals surface area contributed by atoms with Crippen LogP contribution in [-0.4, -0.2) is 19.5 Å². The largest absolute Gasteiger partial charge is 0.416 e. The predicted octanol–water partition coefficient (Wildman–Crippen LogP) is 3.24. The maximum atomic E-state index is 12.5. The Morgan fingerprint density at radius 2 is 2.06 bits per heavy atom. The van der Waals surface area contributed by atoms with Crippen LogP contribution in [0.15, 0.2) is 24.3 Å². The van der Waals surface area contributed by atoms with E-state index in [4.69, 9.17) is 4.74 Å². The number of halogens is 3. The van der Waals surface area contributed by atoms with Crippen LogP contribution in [-0.2, 0) is 22.1 Å². The molecule has 1 aromatic rings. The molecule has 0 atom stereocenters. The Hall–Kier alpha value is -1.36. The highest BCUT2D eigenvalue weighted by molar-refractivity contribution is 5.80. The average molecular weight is 260 g/mol. The number of alkyl halides is 3. The Kier molecular flexibility index (Phi) is 5.34. The van der Waals surface area contributed by atoms with Crippen molar-refractivity contribution in [2.24, 2.45) is 0 Å². The van der Waals surface area contributed by atoms with E-state index in [9.17, 15) is 18.0 Å². The van der Waals surface area contributed by atoms with Crippen molar-refractivity contribution >= 4 is 5.78 Å². The van der Waals surface area contributed by atoms with E-state index in [0.29, 0.717) is 25.0 Å². The summed E-state index contributed by atoms with van der Waals surface area (Å²) in [5.74, 6) is -0.0774. The third-order valence-corrected chi connectivity index (χ3v) is 2.46. The Morgan fingerprint density at radius 3 is 2.67 bits per heavy atom. The minimum absolute atomic E-state index is 0.0354. The molecule has 1 rings (SSSR count). The SMILES string of the molecule is COCCCC(=O)Cc1cccc(C(F)(F)F)c1. The summed E-state index contributed by atoms with van der Waals surface area (Å²) in [4.78, 5) is 11.5. The Labute approximate surface area is 104 Å². The number of hydrogen-bond donors (Lipinski definition) is 0. The average Bonchev–Trinajstić information content (AvgIpc) is 2.28. The molecular formula is C13H15F3O2. The molecule has 0 aliphatic carbocycles. The van der Waals surface area contributed by atoms with Crippen LogP contribution in [0.3, 0.4) is 0 Å². The van der Waals surface area contributed by atoms with Gasteiger partial charge in [-0.3, -0.25) is 4.79 Å². The topological polar surface area (TPSA) is 26.3 Å². The smallest absolute Gasteiger partial charge is 0.385 e. The normalized spacial score (nSPS) is 11.6. The number of methoxy groups -OCH3 is 1. The van der Waals surface area contributed by atoms with Gasteiger partial charge in [0.15, 0.2) is 0 Å². The molecule has 0 saturated heterocycles. The third kappa shape index (κ3) is 4.87. The summed E-state index contributed by atoms with van der Waals surface area (Å²) in [6.45, 7) is 0.480. The molecule has 0 saturated carbocycles. The van der Waals surface area contributed by atoms with Gasteiger partial charge in [0.1, 0.15) is 5.78 Å². The van der Waals surface area contributed by atoms with Gasteiger partial charge in [-0.1, -0.05) is 18.2 Å². The maximum absolute atomic E-state index is 12.5. The van der Waals surface area contributed by atoms with Crippen molar-refractivity contribution < 1.29 is 22.7 Å². The van der Waals surface area contributed by atoms with Crippen molar-refractivity contribution in [1.82, 2.24) is 0 Å². The number of carbonyl (C=O) groups is 1. The first-order valence-corrected chi connectivity index (χ1v) is 5.60. The van der Waals surface area contributed by atoms with Crippen molar-refractivity contribution in [1.29, 1.82) is 0 Å². The highest BCUT2D eigenvalue weighted by Gasteiger charge is 2.30. The fourth-order valence-corrected chi connectivity index (χ4v) is 1.59. The fraction of sp³-hybridized carbons (Fsp3) is 0.462. The van der Waals surface area contributed by atoms with Crippen LogP contribution in [0, 0.1) is 0 Å². The summed E-state index contributed by atoms with van der Waals surface area (Å²) in [7, 11) is 1.54. The van der Waals surface area contributed by atoms with Crippen LogP contribution >= 0.6 is 0 Å². The highest BCUT2D eigenvalue weighted by atomic mass is 19.4. The number of ether oxygens (including phenoxy) is 1. The van der Waals surface area contributed by atoms with Gasteiger partial charge in [-0.2, -0.15) is 13.2 Å². The molecule has 5 heteroatoms. The number of Topliss-reactive ketones (excluding diaryl/α,β-unsaturated/α-hetero) is 1. The molecule has 0 fully saturated rings. The molecule has 0 radical (unpaired) electrons. The van der Waals surface area contributed by atoms with Crippen molar-refractivity contribution in [2.45, 2.75) is 25.4 Å². The first kappa shape index (κ1) is 14.7. The van der Waals surface area contributed by atoms with E-state index < -0.39 is 11.7 Å². The van der Waals surface area contributed by atoms with Gasteiger partial charge >= 0.3 is 6.18 Å². The van der Waals surface area contributed by atoms with Crippen LogP contribution in [0.2, 0.25) is 0 Å². The molecule has 0 N–H and O–H groups in total. The van der Waals surface area contributed by atoms with Gasteiger partial charge in [0.2, 0.25) is 0 Å². The lowest BCUT2D eigenvalue weighted by Gasteiger charge is -2.08. The first-order valence-electron chi connectivity index (χ1n) is 5.60. The lowest BCUT2D eigenvalue weighted by atomic mass is 10.0. The molecular weight excluding hydrogens is 245 g/mol. The molecule has 0 aliphatic rings. The zero-order valence-corrected chi connectivity index (χ0v) is 10.1. The lowest BCUT2D eigenvalue weighted by molar-refractivity contribution is -0.137. The number of hydrogen-bond acceptors (Lipinski definition) is 2. The van der Waals surface area contributed by atoms with Crippen molar-refractivity contribution in [3.05, 3.63) is 35.4 Å². The van der Waals surface area contributed by atoms with Crippen molar-refractivity contribution in [3.63, 3.8) is 0 Å². The zero-order chi connectivity index (χ0) is 13.6. The third-order valence-electron chi connectivity index (χ3n) is 2.46. The molecule has 0 unspecified atom stereocenters. The van der Waals surface area contributed by atoms with Gasteiger partial charge < -0.3 is 4.74 Å². The van der Waals surface area contributed by atoms with Gasteiger partial charge in [-0.05, 0) is 18.1 Å². The Morgan fingerprint density at radius 1 is 1.33 bits per heavy atom. The summed E-state index contributed by atoms with van der Waals surface area (Å²) >= 11 is 0. The van der Waals surface area contributed by atoms with E-state index in [1.807, 2.05) is 0 Å². The van der Waals surface area contributed by atoms with Crippen LogP contribution in [0.5, 0.6) is 0 Å². The predicted molar refractivity (Wildman–Crippen MR) is 61.3 cm³/mol. The fourth-order valence-electron chi connectivity index (χ4n) is 1.59. The molecule has 0 spiro atoms. The maximum Gasteiger partial charge on any atom is 0.416 e. The molecule has 2 nitrogen and oxygen atoms in total. The monoisotopic (exact) mass is 260 g/mol. The molecule has 0 heterocycles. The highest BCUT2D eigenvalue weighted by Crippen LogP contribution is 2.29. The van der Waals surface area contributed by atoms with Crippen molar-refractivity contribution in [3.8, 4) is 0 Å². The van der Waals surface area contributed by atoms with E-state index in [1.54, 1.807) is 0 Å². The minimum Gasteiger partial charge on any atom is -0.385 e. The van der Waals surface area contributed by atoms with E-state index in [-0.39, 0.29) is 12.2 Å². The summed E-state index contributed by atoms with van der Waals surface area (Å²) in [6, 6.07) is 4.87. The molecule has 100 valence electrons. The molecule has 18 heavy (non-hydrogen) atoms. The molecule has 0 amide bonds. The van der Waals surface area contributed by atoms with E-state index in [1.165, 1.54) is 19.2 Å². The Balaban J connectivity index is 2.60. The molecule has 0 aromatic heterocycles. The number of carbonyl (C=O) groups excluding carboxylic acids is 1. The lowest BCUT2D eigenvalue weighted by Crippen LogP contribution is -2.08. The molecule has 1 aromatic carbocycles. The molecule has 0 bridgehead atoms. The van der Waals surface area contributed by atoms with Gasteiger partial charge in [0, 0.05) is 26.6 Å². The zero-order valence-electron chi connectivity index (χ0n) is 10.1. The summed E-state index contributed by atoms with van der Waals surface area (Å²) in [5, 5.41) is 0. The van der Waals surface area contributed by atoms with Gasteiger partial charge in [-0.25, -0.2) is 0 Å². The van der Waals surface area contributed by atoms with Crippen molar-refractivity contribution in [2.75, 3.05) is 13.7 Å². The number of benzene rings is 1. The first-order chi connectivity index (χ1) is 8.43. The second-order valence-electron chi connectivity index (χ2n) is 4.01. The summed E-state index contributed by atoms with van der Waals surface area (Å²) < 4.78 is 42.2. The quantitative estimate of drug-likeness (QED) is 0.734. The second-order valence-corrected chi connectivity index (χ2v) is 4.01. The summed E-state index contributed by atoms with van der Waals surface area (Å²) in [5.41, 5.74) is -0.322. The van der Waals surface area contributed by atoms with Crippen LogP contribution in [0.1, 0.15) is 24.0 Å². The molecule has 0 aliphatic heterocycles. The summed E-state index contributed by atoms with van der Waals surface area (Å²) in [6.07, 6.45) is -3.42. The standard InChI is InChI=1S/C13H15F3O2/c1-18-7-3-6-12(17)9-10-4-2-5-11(8-10)13(14,15)16/h2,4-5,8H,3,6-7,9H2,1H3. The Bertz CT molecular complexity index is 399. The number of rotatable bonds is 6. The van der Waals surface area contributed by atoms with E-state index >= 15 is 0 Å². The second kappa shape index (κ2) is 6.54. The van der Waals surface area contributed by atoms with Gasteiger partial charge in [0.05, 0.1) is 5.56 Å².